The van der Waals surface area contributed by atoms with E-state index in [0.717, 1.165) is 0 Å². The Kier molecular flexibility index (Phi) is 26.3. The molecule has 0 radical (unpaired) electrons. The van der Waals surface area contributed by atoms with Gasteiger partial charge in [-0.2, -0.15) is 5.10 Å². The molecular weight excluding hydrogens is 1150 g/mol. The van der Waals surface area contributed by atoms with Crippen LogP contribution in [0.3, 0.4) is 0 Å². The molecule has 25 nitrogen and oxygen atoms in total. The summed E-state index contributed by atoms with van der Waals surface area (Å²) in [5.41, 5.74) is -5.18. The van der Waals surface area contributed by atoms with Crippen LogP contribution in [0.2, 0.25) is 0 Å². The molecule has 0 spiro atoms. The predicted molar refractivity (Wildman–Crippen MR) is 331 cm³/mol. The van der Waals surface area contributed by atoms with E-state index in [1.165, 1.54) is 27.1 Å². The lowest BCUT2D eigenvalue weighted by Gasteiger charge is -2.29. The topological polar surface area (TPSA) is 291 Å². The van der Waals surface area contributed by atoms with E-state index >= 15 is 0 Å². The Bertz CT molecular complexity index is 2620. The number of pyridine rings is 2. The Morgan fingerprint density at radius 1 is 0.337 bits per heavy atom. The van der Waals surface area contributed by atoms with E-state index in [2.05, 4.69) is 10.2 Å². The van der Waals surface area contributed by atoms with E-state index < -0.39 is 119 Å². The summed E-state index contributed by atoms with van der Waals surface area (Å²) in [6.07, 6.45) is 2.97. The molecule has 3 rings (SSSR count). The Morgan fingerprint density at radius 3 is 0.787 bits per heavy atom. The Labute approximate surface area is 526 Å². The van der Waals surface area contributed by atoms with Crippen LogP contribution in [0.4, 0.5) is 0 Å². The van der Waals surface area contributed by atoms with Crippen molar-refractivity contribution >= 4 is 47.8 Å². The molecule has 0 aromatic carbocycles. The molecule has 0 aliphatic rings. The first kappa shape index (κ1) is 76.3. The fraction of sp³-hybridized carbons (Fsp3) is 0.688. The average Bonchev–Trinajstić information content (AvgIpc) is 1.78. The largest absolute Gasteiger partial charge is 0.459 e. The lowest BCUT2D eigenvalue weighted by atomic mass is 10.0. The summed E-state index contributed by atoms with van der Waals surface area (Å²) in [6, 6.07) is 3.33. The van der Waals surface area contributed by atoms with E-state index in [9.17, 15) is 38.4 Å². The maximum atomic E-state index is 13.8. The van der Waals surface area contributed by atoms with E-state index in [4.69, 9.17) is 52.8 Å². The highest BCUT2D eigenvalue weighted by Gasteiger charge is 2.33. The molecule has 0 aliphatic heterocycles. The molecule has 1 N–H and O–H groups in total. The molecule has 0 aliphatic carbocycles. The van der Waals surface area contributed by atoms with E-state index in [-0.39, 0.29) is 75.4 Å². The van der Waals surface area contributed by atoms with Gasteiger partial charge in [0.25, 0.3) is 0 Å². The van der Waals surface area contributed by atoms with Gasteiger partial charge in [-0.1, -0.05) is 0 Å². The van der Waals surface area contributed by atoms with E-state index in [1.54, 1.807) is 183 Å². The molecule has 89 heavy (non-hydrogen) atoms. The minimum atomic E-state index is -0.903. The number of aromatic amines is 1. The molecular formula is C64H101N9O16. The van der Waals surface area contributed by atoms with Crippen LogP contribution in [0.5, 0.6) is 0 Å². The number of ether oxygens (including phenoxy) is 8. The second-order valence-electron chi connectivity index (χ2n) is 29.9. The first-order valence-electron chi connectivity index (χ1n) is 29.8. The zero-order chi connectivity index (χ0) is 68.1. The number of carbonyl (C=O) groups is 8. The molecule has 498 valence electrons. The van der Waals surface area contributed by atoms with Gasteiger partial charge in [-0.25, -0.2) is 4.98 Å². The molecule has 3 aromatic heterocycles. The molecule has 3 aromatic rings. The molecule has 0 fully saturated rings. The van der Waals surface area contributed by atoms with Crippen LogP contribution in [0, 0.1) is 0 Å². The van der Waals surface area contributed by atoms with Crippen LogP contribution in [0.25, 0.3) is 23.0 Å². The standard InChI is InChI=1S/C64H101N9O16/c1-57(2,3)82-45(74)33-70(34-46(75)83-58(4,5)6)29-41-25-27-65-53(43(41)31-72(37-49(78)86-61(13,14)15)38-50(79)87-62(16,17)18)55-67-56(69-68-55)54-44(32-73(39-51(80)88-63(19,20)21)40-52(81)89-64(22,23)24)42(26-28-66-54)30-71(35-47(76)84-59(7,8)9)36-48(77)85-60(10,11)12/h25-28H,29-40H2,1-24H3,(H,67,68,69). The van der Waals surface area contributed by atoms with Crippen LogP contribution >= 0.6 is 0 Å². The molecule has 0 atom stereocenters. The first-order chi connectivity index (χ1) is 40.3. The summed E-state index contributed by atoms with van der Waals surface area (Å²) >= 11 is 0. The quantitative estimate of drug-likeness (QED) is 0.0590. The fourth-order valence-corrected chi connectivity index (χ4v) is 8.63. The number of nitrogens with one attached hydrogen (secondary N) is 1. The van der Waals surface area contributed by atoms with Gasteiger partial charge >= 0.3 is 47.8 Å². The SMILES string of the molecule is CC(C)(C)OC(=O)CN(CC(=O)OC(C)(C)C)Cc1ccnc(-c2n[nH]c(-c3nccc(CN(CC(=O)OC(C)(C)C)CC(=O)OC(C)(C)C)c3CN(CC(=O)OC(C)(C)C)CC(=O)OC(C)(C)C)n2)c1CN(CC(=O)OC(C)(C)C)CC(=O)OC(C)(C)C. The highest BCUT2D eigenvalue weighted by molar-refractivity contribution is 5.78. The van der Waals surface area contributed by atoms with E-state index in [1.807, 2.05) is 0 Å². The number of rotatable bonds is 26. The van der Waals surface area contributed by atoms with Gasteiger partial charge in [0.05, 0.1) is 52.4 Å². The molecule has 0 amide bonds. The molecule has 0 saturated carbocycles. The number of esters is 8. The minimum absolute atomic E-state index is 0.0221. The monoisotopic (exact) mass is 1250 g/mol. The number of hydrogen-bond donors (Lipinski definition) is 1. The Morgan fingerprint density at radius 2 is 0.551 bits per heavy atom. The van der Waals surface area contributed by atoms with Crippen LogP contribution in [0.15, 0.2) is 24.5 Å². The lowest BCUT2D eigenvalue weighted by molar-refractivity contribution is -0.162. The van der Waals surface area contributed by atoms with Gasteiger partial charge in [-0.05, 0) is 189 Å². The van der Waals surface area contributed by atoms with Gasteiger partial charge in [-0.15, -0.1) is 0 Å². The maximum absolute atomic E-state index is 13.8. The molecule has 0 bridgehead atoms. The van der Waals surface area contributed by atoms with Gasteiger partial charge in [-0.3, -0.25) is 73.0 Å². The second-order valence-corrected chi connectivity index (χ2v) is 29.9. The van der Waals surface area contributed by atoms with Crippen molar-refractivity contribution in [2.24, 2.45) is 0 Å². The Balaban J connectivity index is 2.52. The summed E-state index contributed by atoms with van der Waals surface area (Å²) in [6.45, 7) is 37.5. The molecule has 0 unspecified atom stereocenters. The van der Waals surface area contributed by atoms with Crippen LogP contribution in [-0.4, -0.2) is 190 Å². The van der Waals surface area contributed by atoms with E-state index in [0.29, 0.717) is 22.3 Å². The first-order valence-corrected chi connectivity index (χ1v) is 29.8. The van der Waals surface area contributed by atoms with Crippen molar-refractivity contribution in [3.8, 4) is 23.0 Å². The van der Waals surface area contributed by atoms with Crippen LogP contribution in [0.1, 0.15) is 188 Å². The maximum Gasteiger partial charge on any atom is 0.320 e. The van der Waals surface area contributed by atoms with Gasteiger partial charge in [0.15, 0.2) is 11.6 Å². The molecule has 25 heteroatoms. The summed E-state index contributed by atoms with van der Waals surface area (Å²) in [5, 5.41) is 7.69. The highest BCUT2D eigenvalue weighted by atomic mass is 16.6. The zero-order valence-corrected chi connectivity index (χ0v) is 57.4. The third-order valence-corrected chi connectivity index (χ3v) is 11.0. The summed E-state index contributed by atoms with van der Waals surface area (Å²) in [7, 11) is 0. The smallest absolute Gasteiger partial charge is 0.320 e. The number of H-pyrrole nitrogens is 1. The third kappa shape index (κ3) is 31.9. The van der Waals surface area contributed by atoms with Crippen molar-refractivity contribution in [2.45, 2.75) is 237 Å². The summed E-state index contributed by atoms with van der Waals surface area (Å²) < 4.78 is 45.9. The minimum Gasteiger partial charge on any atom is -0.459 e. The van der Waals surface area contributed by atoms with Crippen molar-refractivity contribution in [3.05, 3.63) is 46.8 Å². The predicted octanol–water partition coefficient (Wildman–Crippen LogP) is 7.87. The van der Waals surface area contributed by atoms with Crippen molar-refractivity contribution in [2.75, 3.05) is 52.4 Å². The molecule has 0 saturated heterocycles. The normalized spacial score (nSPS) is 12.9. The number of nitrogens with zero attached hydrogens (tertiary/aromatic N) is 8. The fourth-order valence-electron chi connectivity index (χ4n) is 8.63. The number of hydrogen-bond acceptors (Lipinski definition) is 24. The van der Waals surface area contributed by atoms with Gasteiger partial charge in [0, 0.05) is 49.7 Å². The lowest BCUT2D eigenvalue weighted by Crippen LogP contribution is -2.41. The van der Waals surface area contributed by atoms with Crippen LogP contribution in [-0.2, 0) is 102 Å². The Hall–Kier alpha value is -6.96. The summed E-state index contributed by atoms with van der Waals surface area (Å²) in [4.78, 5) is 130. The number of carbonyl (C=O) groups excluding carboxylic acids is 8. The van der Waals surface area contributed by atoms with Crippen LogP contribution < -0.4 is 0 Å². The van der Waals surface area contributed by atoms with Crippen molar-refractivity contribution in [1.82, 2.24) is 44.7 Å². The van der Waals surface area contributed by atoms with Gasteiger partial charge in [0.1, 0.15) is 56.2 Å². The van der Waals surface area contributed by atoms with Gasteiger partial charge in [0.2, 0.25) is 0 Å². The highest BCUT2D eigenvalue weighted by Crippen LogP contribution is 2.30. The average molecular weight is 1250 g/mol. The van der Waals surface area contributed by atoms with Crippen molar-refractivity contribution in [1.29, 1.82) is 0 Å². The third-order valence-electron chi connectivity index (χ3n) is 11.0. The van der Waals surface area contributed by atoms with Crippen molar-refractivity contribution < 1.29 is 76.3 Å². The van der Waals surface area contributed by atoms with Crippen molar-refractivity contribution in [3.63, 3.8) is 0 Å². The second kappa shape index (κ2) is 30.7. The zero-order valence-electron chi connectivity index (χ0n) is 57.4. The van der Waals surface area contributed by atoms with Gasteiger partial charge < -0.3 is 37.9 Å². The molecule has 3 heterocycles. The summed E-state index contributed by atoms with van der Waals surface area (Å²) in [5.74, 6) is -5.15. The number of aromatic nitrogens is 5.